The fraction of sp³-hybridized carbons (Fsp3) is 0.235. The van der Waals surface area contributed by atoms with Gasteiger partial charge in [0.2, 0.25) is 0 Å². The van der Waals surface area contributed by atoms with Gasteiger partial charge in [0.1, 0.15) is 24.1 Å². The first-order chi connectivity index (χ1) is 21.8. The molecule has 2 aromatic heterocycles. The number of halogens is 1. The van der Waals surface area contributed by atoms with Crippen molar-refractivity contribution in [3.63, 3.8) is 0 Å². The number of nitrogen functional groups attached to an aromatic ring is 1. The molecule has 5 aromatic rings. The van der Waals surface area contributed by atoms with Gasteiger partial charge in [0, 0.05) is 30.9 Å². The normalized spacial score (nSPS) is 13.5. The van der Waals surface area contributed by atoms with E-state index in [1.165, 1.54) is 19.2 Å². The summed E-state index contributed by atoms with van der Waals surface area (Å²) in [5, 5.41) is 2.99. The molecule has 1 aliphatic heterocycles. The molecule has 0 aliphatic carbocycles. The number of nitrogens with zero attached hydrogens (tertiary/aromatic N) is 3. The second kappa shape index (κ2) is 12.7. The van der Waals surface area contributed by atoms with Crippen LogP contribution in [0.15, 0.2) is 72.9 Å². The van der Waals surface area contributed by atoms with Crippen LogP contribution in [0.2, 0.25) is 0 Å². The number of fused-ring (bicyclic) bond motifs is 1. The van der Waals surface area contributed by atoms with Crippen molar-refractivity contribution in [1.29, 1.82) is 0 Å². The Morgan fingerprint density at radius 2 is 1.87 bits per heavy atom. The van der Waals surface area contributed by atoms with E-state index in [-0.39, 0.29) is 24.3 Å². The Kier molecular flexibility index (Phi) is 8.33. The van der Waals surface area contributed by atoms with Gasteiger partial charge in [0.15, 0.2) is 0 Å². The summed E-state index contributed by atoms with van der Waals surface area (Å²) in [4.78, 5) is 39.4. The second-order valence-corrected chi connectivity index (χ2v) is 11.1. The number of nitrogens with one attached hydrogen (secondary N) is 2. The number of piperidine rings is 1. The van der Waals surface area contributed by atoms with Gasteiger partial charge in [-0.3, -0.25) is 0 Å². The number of H-pyrrole nitrogens is 1. The number of esters is 1. The Bertz CT molecular complexity index is 1850. The highest BCUT2D eigenvalue weighted by Gasteiger charge is 2.28. The number of hydrogen-bond donors (Lipinski definition) is 3. The van der Waals surface area contributed by atoms with E-state index in [0.29, 0.717) is 65.0 Å². The van der Waals surface area contributed by atoms with Crippen LogP contribution in [-0.2, 0) is 16.1 Å². The molecular weight excluding hydrogens is 575 g/mol. The average Bonchev–Trinajstić information content (AvgIpc) is 3.46. The summed E-state index contributed by atoms with van der Waals surface area (Å²) in [5.41, 5.74) is 12.5. The number of rotatable bonds is 7. The first kappa shape index (κ1) is 29.6. The van der Waals surface area contributed by atoms with Crippen molar-refractivity contribution in [2.24, 2.45) is 0 Å². The van der Waals surface area contributed by atoms with E-state index in [4.69, 9.17) is 20.2 Å². The minimum Gasteiger partial charge on any atom is -0.465 e. The SMILES string of the molecule is COC(=O)c1ccc2nc(-c3c(N)ncc(-c4cc(C)cc(F)c4)c3N3CCC(NC(=O)OCc4ccccc4)CC3)[nH]c2c1. The summed E-state index contributed by atoms with van der Waals surface area (Å²) in [6.45, 7) is 3.19. The molecule has 11 heteroatoms. The number of anilines is 2. The lowest BCUT2D eigenvalue weighted by molar-refractivity contribution is 0.0601. The van der Waals surface area contributed by atoms with E-state index < -0.39 is 12.1 Å². The molecule has 4 N–H and O–H groups in total. The number of alkyl carbamates (subject to hydrolysis) is 1. The number of nitrogens with two attached hydrogens (primary N) is 1. The van der Waals surface area contributed by atoms with Crippen LogP contribution in [0.5, 0.6) is 0 Å². The fourth-order valence-electron chi connectivity index (χ4n) is 5.73. The van der Waals surface area contributed by atoms with Gasteiger partial charge in [-0.1, -0.05) is 36.4 Å². The van der Waals surface area contributed by atoms with Gasteiger partial charge in [0.25, 0.3) is 0 Å². The first-order valence-electron chi connectivity index (χ1n) is 14.7. The predicted octanol–water partition coefficient (Wildman–Crippen LogP) is 6.00. The van der Waals surface area contributed by atoms with Gasteiger partial charge in [-0.25, -0.2) is 23.9 Å². The van der Waals surface area contributed by atoms with Gasteiger partial charge in [0.05, 0.1) is 35.0 Å². The molecule has 230 valence electrons. The predicted molar refractivity (Wildman–Crippen MR) is 170 cm³/mol. The van der Waals surface area contributed by atoms with Gasteiger partial charge in [-0.05, 0) is 66.8 Å². The van der Waals surface area contributed by atoms with Crippen molar-refractivity contribution in [1.82, 2.24) is 20.3 Å². The van der Waals surface area contributed by atoms with Crippen LogP contribution in [0, 0.1) is 12.7 Å². The second-order valence-electron chi connectivity index (χ2n) is 11.1. The Labute approximate surface area is 259 Å². The number of aromatic amines is 1. The number of carbonyl (C=O) groups is 2. The summed E-state index contributed by atoms with van der Waals surface area (Å²) < 4.78 is 24.9. The number of aromatic nitrogens is 3. The molecule has 1 aliphatic rings. The molecule has 3 aromatic carbocycles. The van der Waals surface area contributed by atoms with Crippen molar-refractivity contribution in [3.05, 3.63) is 95.4 Å². The van der Waals surface area contributed by atoms with Crippen molar-refractivity contribution >= 4 is 34.6 Å². The number of ether oxygens (including phenoxy) is 2. The lowest BCUT2D eigenvalue weighted by Gasteiger charge is -2.36. The maximum atomic E-state index is 14.6. The molecule has 1 saturated heterocycles. The summed E-state index contributed by atoms with van der Waals surface area (Å²) in [6.07, 6.45) is 2.49. The average molecular weight is 609 g/mol. The number of methoxy groups -OCH3 is 1. The number of aryl methyl sites for hydroxylation is 1. The van der Waals surface area contributed by atoms with Crippen LogP contribution in [0.1, 0.15) is 34.3 Å². The monoisotopic (exact) mass is 608 g/mol. The van der Waals surface area contributed by atoms with Gasteiger partial charge >= 0.3 is 12.1 Å². The molecule has 1 amide bonds. The molecule has 0 radical (unpaired) electrons. The summed E-state index contributed by atoms with van der Waals surface area (Å²) in [6, 6.07) is 19.3. The Morgan fingerprint density at radius 1 is 1.09 bits per heavy atom. The number of amides is 1. The van der Waals surface area contributed by atoms with Crippen molar-refractivity contribution in [3.8, 4) is 22.5 Å². The van der Waals surface area contributed by atoms with Crippen LogP contribution < -0.4 is 16.0 Å². The molecule has 10 nitrogen and oxygen atoms in total. The largest absolute Gasteiger partial charge is 0.465 e. The molecule has 0 unspecified atom stereocenters. The number of hydrogen-bond acceptors (Lipinski definition) is 8. The van der Waals surface area contributed by atoms with Gasteiger partial charge < -0.3 is 30.4 Å². The van der Waals surface area contributed by atoms with E-state index in [9.17, 15) is 14.0 Å². The molecule has 0 saturated carbocycles. The molecular formula is C34H33FN6O4. The number of benzene rings is 3. The van der Waals surface area contributed by atoms with Crippen LogP contribution in [-0.4, -0.2) is 53.3 Å². The third-order valence-electron chi connectivity index (χ3n) is 7.92. The Hall–Kier alpha value is -5.45. The van der Waals surface area contributed by atoms with Gasteiger partial charge in [-0.15, -0.1) is 0 Å². The Morgan fingerprint density at radius 3 is 2.60 bits per heavy atom. The summed E-state index contributed by atoms with van der Waals surface area (Å²) in [5.74, 6) is -0.102. The minimum absolute atomic E-state index is 0.0880. The third-order valence-corrected chi connectivity index (χ3v) is 7.92. The van der Waals surface area contributed by atoms with Crippen LogP contribution in [0.4, 0.5) is 20.7 Å². The smallest absolute Gasteiger partial charge is 0.407 e. The zero-order valence-corrected chi connectivity index (χ0v) is 25.0. The molecule has 3 heterocycles. The highest BCUT2D eigenvalue weighted by molar-refractivity contribution is 5.97. The highest BCUT2D eigenvalue weighted by atomic mass is 19.1. The zero-order valence-electron chi connectivity index (χ0n) is 25.0. The maximum absolute atomic E-state index is 14.6. The zero-order chi connectivity index (χ0) is 31.5. The molecule has 45 heavy (non-hydrogen) atoms. The first-order valence-corrected chi connectivity index (χ1v) is 14.7. The number of carbonyl (C=O) groups excluding carboxylic acids is 2. The van der Waals surface area contributed by atoms with Crippen LogP contribution in [0.3, 0.4) is 0 Å². The van der Waals surface area contributed by atoms with E-state index >= 15 is 0 Å². The van der Waals surface area contributed by atoms with Crippen LogP contribution >= 0.6 is 0 Å². The van der Waals surface area contributed by atoms with Gasteiger partial charge in [-0.2, -0.15) is 0 Å². The standard InChI is InChI=1S/C34H33FN6O4/c1-20-14-23(16-24(35)15-20)26-18-37-31(36)29(32-39-27-9-8-22(33(42)44-2)17-28(27)40-32)30(26)41-12-10-25(11-13-41)38-34(43)45-19-21-6-4-3-5-7-21/h3-9,14-18,25H,10-13,19H2,1-2H3,(H2,36,37)(H,38,43)(H,39,40). The van der Waals surface area contributed by atoms with E-state index in [0.717, 1.165) is 16.8 Å². The molecule has 0 atom stereocenters. The van der Waals surface area contributed by atoms with E-state index in [1.807, 2.05) is 43.3 Å². The quantitative estimate of drug-likeness (QED) is 0.191. The number of imidazole rings is 1. The van der Waals surface area contributed by atoms with Crippen molar-refractivity contribution in [2.45, 2.75) is 32.4 Å². The third kappa shape index (κ3) is 6.42. The fourth-order valence-corrected chi connectivity index (χ4v) is 5.73. The Balaban J connectivity index is 1.32. The number of pyridine rings is 1. The lowest BCUT2D eigenvalue weighted by Crippen LogP contribution is -2.45. The highest BCUT2D eigenvalue weighted by Crippen LogP contribution is 2.43. The van der Waals surface area contributed by atoms with E-state index in [1.54, 1.807) is 24.4 Å². The molecule has 0 bridgehead atoms. The van der Waals surface area contributed by atoms with E-state index in [2.05, 4.69) is 20.2 Å². The van der Waals surface area contributed by atoms with Crippen molar-refractivity contribution in [2.75, 3.05) is 30.8 Å². The summed E-state index contributed by atoms with van der Waals surface area (Å²) >= 11 is 0. The topological polar surface area (TPSA) is 135 Å². The lowest BCUT2D eigenvalue weighted by atomic mass is 9.96. The molecule has 6 rings (SSSR count). The molecule has 1 fully saturated rings. The maximum Gasteiger partial charge on any atom is 0.407 e. The minimum atomic E-state index is -0.462. The van der Waals surface area contributed by atoms with Crippen LogP contribution in [0.25, 0.3) is 33.5 Å². The van der Waals surface area contributed by atoms with Crippen molar-refractivity contribution < 1.29 is 23.5 Å². The molecule has 0 spiro atoms. The summed E-state index contributed by atoms with van der Waals surface area (Å²) in [7, 11) is 1.33.